The van der Waals surface area contributed by atoms with Crippen molar-refractivity contribution in [3.8, 4) is 11.5 Å². The van der Waals surface area contributed by atoms with E-state index in [1.54, 1.807) is 13.1 Å². The fourth-order valence-corrected chi connectivity index (χ4v) is 2.58. The molecule has 1 aromatic carbocycles. The number of ether oxygens (including phenoxy) is 2. The molecule has 2 aromatic rings. The molecule has 0 bridgehead atoms. The number of aryl methyl sites for hydroxylation is 1. The maximum absolute atomic E-state index is 11.4. The molecule has 0 aliphatic carbocycles. The zero-order chi connectivity index (χ0) is 17.5. The minimum atomic E-state index is -0.234. The number of hydrazone groups is 1. The first kappa shape index (κ1) is 18.0. The average molecular weight is 395 g/mol. The van der Waals surface area contributed by atoms with E-state index in [4.69, 9.17) is 9.47 Å². The summed E-state index contributed by atoms with van der Waals surface area (Å²) in [6, 6.07) is 5.11. The predicted molar refractivity (Wildman–Crippen MR) is 97.3 cm³/mol. The van der Waals surface area contributed by atoms with Gasteiger partial charge in [0.25, 0.3) is 5.56 Å². The second-order valence-corrected chi connectivity index (χ2v) is 5.66. The van der Waals surface area contributed by atoms with Crippen LogP contribution in [0.25, 0.3) is 0 Å². The number of aromatic amines is 1. The third-order valence-corrected chi connectivity index (χ3v) is 3.46. The van der Waals surface area contributed by atoms with Crippen molar-refractivity contribution in [2.24, 2.45) is 5.10 Å². The number of hydrogen-bond donors (Lipinski definition) is 2. The summed E-state index contributed by atoms with van der Waals surface area (Å²) in [4.78, 5) is 18.1. The van der Waals surface area contributed by atoms with Gasteiger partial charge < -0.3 is 9.47 Å². The molecule has 0 aliphatic heterocycles. The minimum Gasteiger partial charge on any atom is -0.490 e. The first-order valence-electron chi connectivity index (χ1n) is 7.49. The van der Waals surface area contributed by atoms with Gasteiger partial charge in [-0.05, 0) is 54.4 Å². The lowest BCUT2D eigenvalue weighted by Gasteiger charge is -2.13. The van der Waals surface area contributed by atoms with Gasteiger partial charge in [-0.3, -0.25) is 9.78 Å². The Bertz CT molecular complexity index is 789. The van der Waals surface area contributed by atoms with E-state index in [2.05, 4.69) is 36.4 Å². The maximum atomic E-state index is 11.4. The first-order chi connectivity index (χ1) is 11.5. The van der Waals surface area contributed by atoms with Crippen LogP contribution in [-0.2, 0) is 0 Å². The molecule has 0 radical (unpaired) electrons. The van der Waals surface area contributed by atoms with E-state index in [-0.39, 0.29) is 11.5 Å². The highest BCUT2D eigenvalue weighted by molar-refractivity contribution is 9.10. The first-order valence-corrected chi connectivity index (χ1v) is 8.29. The summed E-state index contributed by atoms with van der Waals surface area (Å²) in [7, 11) is 0. The standard InChI is InChI=1S/C16H19BrN4O3/c1-4-23-13-8-11(7-12(17)15(13)24-5-2)9-18-21-16-19-10(3)6-14(22)20-16/h6-9H,4-5H2,1-3H3,(H2,19,20,21,22)/b18-9-. The van der Waals surface area contributed by atoms with Gasteiger partial charge in [0.2, 0.25) is 5.95 Å². The average Bonchev–Trinajstić information content (AvgIpc) is 2.50. The summed E-state index contributed by atoms with van der Waals surface area (Å²) in [6.07, 6.45) is 1.60. The van der Waals surface area contributed by atoms with Crippen LogP contribution in [0.4, 0.5) is 5.95 Å². The molecule has 24 heavy (non-hydrogen) atoms. The van der Waals surface area contributed by atoms with E-state index in [1.165, 1.54) is 6.07 Å². The number of rotatable bonds is 7. The highest BCUT2D eigenvalue weighted by Crippen LogP contribution is 2.36. The molecule has 7 nitrogen and oxygen atoms in total. The Labute approximate surface area is 148 Å². The third-order valence-electron chi connectivity index (χ3n) is 2.87. The van der Waals surface area contributed by atoms with Crippen molar-refractivity contribution in [2.75, 3.05) is 18.6 Å². The van der Waals surface area contributed by atoms with E-state index in [1.807, 2.05) is 26.0 Å². The Kier molecular flexibility index (Phi) is 6.36. The van der Waals surface area contributed by atoms with Crippen LogP contribution in [0.15, 0.2) is 32.6 Å². The van der Waals surface area contributed by atoms with Crippen molar-refractivity contribution in [1.29, 1.82) is 0 Å². The molecular weight excluding hydrogens is 376 g/mol. The SMILES string of the molecule is CCOc1cc(/C=N\Nc2nc(C)cc(=O)[nH]2)cc(Br)c1OCC. The maximum Gasteiger partial charge on any atom is 0.252 e. The van der Waals surface area contributed by atoms with Crippen LogP contribution in [0.5, 0.6) is 11.5 Å². The molecule has 2 N–H and O–H groups in total. The van der Waals surface area contributed by atoms with Gasteiger partial charge in [-0.2, -0.15) is 5.10 Å². The molecule has 0 amide bonds. The van der Waals surface area contributed by atoms with Crippen LogP contribution in [0.3, 0.4) is 0 Å². The monoisotopic (exact) mass is 394 g/mol. The van der Waals surface area contributed by atoms with E-state index < -0.39 is 0 Å². The lowest BCUT2D eigenvalue weighted by atomic mass is 10.2. The van der Waals surface area contributed by atoms with Gasteiger partial charge in [-0.25, -0.2) is 10.4 Å². The van der Waals surface area contributed by atoms with Crippen molar-refractivity contribution in [3.05, 3.63) is 44.3 Å². The smallest absolute Gasteiger partial charge is 0.252 e. The number of nitrogens with zero attached hydrogens (tertiary/aromatic N) is 2. The Hall–Kier alpha value is -2.35. The molecule has 0 aliphatic rings. The summed E-state index contributed by atoms with van der Waals surface area (Å²) in [5, 5.41) is 4.09. The fourth-order valence-electron chi connectivity index (χ4n) is 2.01. The van der Waals surface area contributed by atoms with E-state index in [0.717, 1.165) is 10.0 Å². The summed E-state index contributed by atoms with van der Waals surface area (Å²) < 4.78 is 12.0. The summed E-state index contributed by atoms with van der Waals surface area (Å²) >= 11 is 3.48. The van der Waals surface area contributed by atoms with Crippen LogP contribution < -0.4 is 20.5 Å². The van der Waals surface area contributed by atoms with Gasteiger partial charge in [-0.15, -0.1) is 0 Å². The third kappa shape index (κ3) is 4.82. The second kappa shape index (κ2) is 8.49. The van der Waals surface area contributed by atoms with Gasteiger partial charge >= 0.3 is 0 Å². The normalized spacial score (nSPS) is 10.8. The number of halogens is 1. The van der Waals surface area contributed by atoms with Gasteiger partial charge in [0.05, 0.1) is 23.9 Å². The van der Waals surface area contributed by atoms with Crippen molar-refractivity contribution in [1.82, 2.24) is 9.97 Å². The van der Waals surface area contributed by atoms with Gasteiger partial charge in [-0.1, -0.05) is 0 Å². The van der Waals surface area contributed by atoms with Crippen molar-refractivity contribution in [2.45, 2.75) is 20.8 Å². The van der Waals surface area contributed by atoms with Crippen molar-refractivity contribution < 1.29 is 9.47 Å². The Balaban J connectivity index is 2.20. The zero-order valence-electron chi connectivity index (χ0n) is 13.7. The molecule has 0 spiro atoms. The van der Waals surface area contributed by atoms with Crippen LogP contribution >= 0.6 is 15.9 Å². The summed E-state index contributed by atoms with van der Waals surface area (Å²) in [5.74, 6) is 1.58. The molecule has 0 fully saturated rings. The summed E-state index contributed by atoms with van der Waals surface area (Å²) in [5.41, 5.74) is 3.88. The van der Waals surface area contributed by atoms with Crippen LogP contribution in [0.2, 0.25) is 0 Å². The number of benzene rings is 1. The number of H-pyrrole nitrogens is 1. The molecule has 1 aromatic heterocycles. The topological polar surface area (TPSA) is 88.6 Å². The van der Waals surface area contributed by atoms with Crippen LogP contribution in [-0.4, -0.2) is 29.4 Å². The van der Waals surface area contributed by atoms with E-state index >= 15 is 0 Å². The lowest BCUT2D eigenvalue weighted by Crippen LogP contribution is -2.10. The predicted octanol–water partition coefficient (Wildman–Crippen LogP) is 3.08. The van der Waals surface area contributed by atoms with Gasteiger partial charge in [0.1, 0.15) is 0 Å². The quantitative estimate of drug-likeness (QED) is 0.556. The van der Waals surface area contributed by atoms with Crippen LogP contribution in [0, 0.1) is 6.92 Å². The van der Waals surface area contributed by atoms with E-state index in [9.17, 15) is 4.79 Å². The number of nitrogens with one attached hydrogen (secondary N) is 2. The van der Waals surface area contributed by atoms with Crippen molar-refractivity contribution in [3.63, 3.8) is 0 Å². The largest absolute Gasteiger partial charge is 0.490 e. The molecule has 0 unspecified atom stereocenters. The van der Waals surface area contributed by atoms with Gasteiger partial charge in [0, 0.05) is 11.8 Å². The fraction of sp³-hybridized carbons (Fsp3) is 0.312. The molecule has 2 rings (SSSR count). The van der Waals surface area contributed by atoms with E-state index in [0.29, 0.717) is 30.4 Å². The Morgan fingerprint density at radius 1 is 1.29 bits per heavy atom. The van der Waals surface area contributed by atoms with Crippen LogP contribution in [0.1, 0.15) is 25.1 Å². The lowest BCUT2D eigenvalue weighted by molar-refractivity contribution is 0.286. The Morgan fingerprint density at radius 3 is 2.71 bits per heavy atom. The number of aromatic nitrogens is 2. The molecule has 0 saturated heterocycles. The summed E-state index contributed by atoms with van der Waals surface area (Å²) in [6.45, 7) is 6.63. The molecule has 0 saturated carbocycles. The zero-order valence-corrected chi connectivity index (χ0v) is 15.3. The second-order valence-electron chi connectivity index (χ2n) is 4.80. The van der Waals surface area contributed by atoms with Gasteiger partial charge in [0.15, 0.2) is 11.5 Å². The molecule has 128 valence electrons. The molecule has 0 atom stereocenters. The molecule has 1 heterocycles. The highest BCUT2D eigenvalue weighted by atomic mass is 79.9. The molecule has 8 heteroatoms. The van der Waals surface area contributed by atoms with Crippen molar-refractivity contribution >= 4 is 28.1 Å². The highest BCUT2D eigenvalue weighted by Gasteiger charge is 2.11. The molecular formula is C16H19BrN4O3. The minimum absolute atomic E-state index is 0.234. The number of hydrogen-bond acceptors (Lipinski definition) is 6. The number of anilines is 1. The Morgan fingerprint density at radius 2 is 2.04 bits per heavy atom.